The van der Waals surface area contributed by atoms with E-state index in [0.717, 1.165) is 36.3 Å². The van der Waals surface area contributed by atoms with Gasteiger partial charge in [-0.05, 0) is 96.3 Å². The quantitative estimate of drug-likeness (QED) is 0.178. The summed E-state index contributed by atoms with van der Waals surface area (Å²) < 4.78 is 33.4. The van der Waals surface area contributed by atoms with Crippen molar-refractivity contribution in [1.29, 1.82) is 0 Å². The van der Waals surface area contributed by atoms with Gasteiger partial charge in [0.1, 0.15) is 15.6 Å². The van der Waals surface area contributed by atoms with Gasteiger partial charge in [0.25, 0.3) is 0 Å². The molecule has 210 valence electrons. The van der Waals surface area contributed by atoms with Crippen LogP contribution in [0.2, 0.25) is 0 Å². The standard InChI is InChI=1S/C33H37NO5S/c1-4-7-27(22-33(35)38-2)25-12-14-29(15-13-25)34-23-24-10-11-26-8-5-9-28-21-30(16-17-31(28)32(26)20-24)39-18-6-19-40(3,36)37/h10-17,20-21,27,34H,5-6,8-9,18-19,22-23H2,1-3H3. The Hall–Kier alpha value is -3.76. The summed E-state index contributed by atoms with van der Waals surface area (Å²) in [5.74, 6) is 6.48. The lowest BCUT2D eigenvalue weighted by atomic mass is 9.94. The average molecular weight is 560 g/mol. The normalized spacial score (nSPS) is 13.1. The molecule has 0 radical (unpaired) electrons. The highest BCUT2D eigenvalue weighted by molar-refractivity contribution is 7.90. The van der Waals surface area contributed by atoms with Gasteiger partial charge in [0.05, 0.1) is 31.8 Å². The van der Waals surface area contributed by atoms with Gasteiger partial charge in [0, 0.05) is 18.5 Å². The minimum Gasteiger partial charge on any atom is -0.494 e. The lowest BCUT2D eigenvalue weighted by molar-refractivity contribution is -0.140. The molecule has 0 fully saturated rings. The number of hydrogen-bond acceptors (Lipinski definition) is 6. The Bertz CT molecular complexity index is 1500. The number of hydrogen-bond donors (Lipinski definition) is 1. The van der Waals surface area contributed by atoms with E-state index in [2.05, 4.69) is 47.5 Å². The van der Waals surface area contributed by atoms with Crippen molar-refractivity contribution in [3.05, 3.63) is 82.9 Å². The van der Waals surface area contributed by atoms with E-state index in [9.17, 15) is 13.2 Å². The highest BCUT2D eigenvalue weighted by atomic mass is 32.2. The number of esters is 1. The van der Waals surface area contributed by atoms with E-state index in [0.29, 0.717) is 19.6 Å². The number of nitrogens with one attached hydrogen (secondary N) is 1. The molecule has 0 aromatic heterocycles. The fraction of sp³-hybridized carbons (Fsp3) is 0.364. The van der Waals surface area contributed by atoms with Gasteiger partial charge in [0.15, 0.2) is 0 Å². The number of ether oxygens (including phenoxy) is 2. The third kappa shape index (κ3) is 8.12. The van der Waals surface area contributed by atoms with Crippen molar-refractivity contribution in [2.24, 2.45) is 0 Å². The molecule has 1 aliphatic rings. The monoisotopic (exact) mass is 559 g/mol. The van der Waals surface area contributed by atoms with Crippen LogP contribution in [0.15, 0.2) is 60.7 Å². The van der Waals surface area contributed by atoms with Gasteiger partial charge in [0.2, 0.25) is 0 Å². The van der Waals surface area contributed by atoms with Crippen LogP contribution < -0.4 is 10.1 Å². The van der Waals surface area contributed by atoms with E-state index in [1.165, 1.54) is 41.2 Å². The maximum absolute atomic E-state index is 11.8. The molecule has 1 aliphatic carbocycles. The number of anilines is 1. The predicted octanol–water partition coefficient (Wildman–Crippen LogP) is 5.94. The van der Waals surface area contributed by atoms with Gasteiger partial charge in [-0.2, -0.15) is 0 Å². The zero-order chi connectivity index (χ0) is 28.5. The lowest BCUT2D eigenvalue weighted by Gasteiger charge is -2.15. The Labute approximate surface area is 238 Å². The van der Waals surface area contributed by atoms with E-state index in [1.807, 2.05) is 30.3 Å². The molecule has 6 nitrogen and oxygen atoms in total. The van der Waals surface area contributed by atoms with Crippen LogP contribution in [0, 0.1) is 11.8 Å². The van der Waals surface area contributed by atoms with Crippen LogP contribution in [0.3, 0.4) is 0 Å². The van der Waals surface area contributed by atoms with Crippen molar-refractivity contribution >= 4 is 21.5 Å². The van der Waals surface area contributed by atoms with Crippen molar-refractivity contribution in [3.8, 4) is 28.7 Å². The first-order valence-corrected chi connectivity index (χ1v) is 15.7. The number of fused-ring (bicyclic) bond motifs is 3. The molecule has 4 rings (SSSR count). The summed E-state index contributed by atoms with van der Waals surface area (Å²) >= 11 is 0. The Morgan fingerprint density at radius 2 is 1.77 bits per heavy atom. The molecule has 7 heteroatoms. The van der Waals surface area contributed by atoms with E-state index in [4.69, 9.17) is 9.47 Å². The smallest absolute Gasteiger partial charge is 0.307 e. The number of methoxy groups -OCH3 is 1. The summed E-state index contributed by atoms with van der Waals surface area (Å²) in [5, 5.41) is 3.52. The number of carbonyl (C=O) groups excluding carboxylic acids is 1. The summed E-state index contributed by atoms with van der Waals surface area (Å²) in [6.07, 6.45) is 5.04. The molecule has 0 saturated heterocycles. The van der Waals surface area contributed by atoms with Crippen LogP contribution in [0.25, 0.3) is 11.1 Å². The van der Waals surface area contributed by atoms with Gasteiger partial charge < -0.3 is 14.8 Å². The van der Waals surface area contributed by atoms with Crippen molar-refractivity contribution in [1.82, 2.24) is 0 Å². The Kier molecular flexibility index (Phi) is 9.89. The lowest BCUT2D eigenvalue weighted by Crippen LogP contribution is -2.08. The Morgan fingerprint density at radius 1 is 1.00 bits per heavy atom. The second-order valence-electron chi connectivity index (χ2n) is 10.2. The van der Waals surface area contributed by atoms with Gasteiger partial charge >= 0.3 is 5.97 Å². The van der Waals surface area contributed by atoms with Crippen LogP contribution in [0.4, 0.5) is 5.69 Å². The van der Waals surface area contributed by atoms with E-state index < -0.39 is 9.84 Å². The van der Waals surface area contributed by atoms with Crippen LogP contribution >= 0.6 is 0 Å². The summed E-state index contributed by atoms with van der Waals surface area (Å²) in [7, 11) is -1.58. The number of rotatable bonds is 11. The molecular weight excluding hydrogens is 522 g/mol. The maximum Gasteiger partial charge on any atom is 0.307 e. The minimum absolute atomic E-state index is 0.135. The second-order valence-corrected chi connectivity index (χ2v) is 12.5. The summed E-state index contributed by atoms with van der Waals surface area (Å²) in [4.78, 5) is 11.8. The molecule has 0 spiro atoms. The first-order valence-electron chi connectivity index (χ1n) is 13.6. The molecular formula is C33H37NO5S. The fourth-order valence-electron chi connectivity index (χ4n) is 5.03. The fourth-order valence-corrected chi connectivity index (χ4v) is 5.67. The molecule has 1 unspecified atom stereocenters. The summed E-state index contributed by atoms with van der Waals surface area (Å²) in [6.45, 7) is 2.84. The van der Waals surface area contributed by atoms with Crippen molar-refractivity contribution < 1.29 is 22.7 Å². The predicted molar refractivity (Wildman–Crippen MR) is 160 cm³/mol. The zero-order valence-electron chi connectivity index (χ0n) is 23.5. The van der Waals surface area contributed by atoms with E-state index in [-0.39, 0.29) is 24.1 Å². The van der Waals surface area contributed by atoms with Gasteiger partial charge in [-0.1, -0.05) is 36.3 Å². The molecule has 0 heterocycles. The third-order valence-corrected chi connectivity index (χ3v) is 8.12. The van der Waals surface area contributed by atoms with E-state index >= 15 is 0 Å². The zero-order valence-corrected chi connectivity index (χ0v) is 24.3. The molecule has 3 aromatic carbocycles. The Morgan fingerprint density at radius 3 is 2.50 bits per heavy atom. The third-order valence-electron chi connectivity index (χ3n) is 7.09. The van der Waals surface area contributed by atoms with Crippen molar-refractivity contribution in [2.45, 2.75) is 51.5 Å². The van der Waals surface area contributed by atoms with Crippen molar-refractivity contribution in [2.75, 3.05) is 31.0 Å². The first kappa shape index (κ1) is 29.2. The molecule has 0 saturated carbocycles. The maximum atomic E-state index is 11.8. The largest absolute Gasteiger partial charge is 0.494 e. The number of carbonyl (C=O) groups is 1. The molecule has 40 heavy (non-hydrogen) atoms. The highest BCUT2D eigenvalue weighted by Crippen LogP contribution is 2.35. The topological polar surface area (TPSA) is 81.7 Å². The van der Waals surface area contributed by atoms with Gasteiger partial charge in [-0.15, -0.1) is 5.92 Å². The van der Waals surface area contributed by atoms with Crippen LogP contribution in [0.5, 0.6) is 5.75 Å². The minimum atomic E-state index is -2.98. The van der Waals surface area contributed by atoms with Crippen molar-refractivity contribution in [3.63, 3.8) is 0 Å². The molecule has 1 N–H and O–H groups in total. The second kappa shape index (κ2) is 13.5. The first-order chi connectivity index (χ1) is 19.3. The van der Waals surface area contributed by atoms with Gasteiger partial charge in [-0.25, -0.2) is 8.42 Å². The van der Waals surface area contributed by atoms with Crippen LogP contribution in [-0.2, 0) is 38.8 Å². The average Bonchev–Trinajstić information content (AvgIpc) is 3.12. The molecule has 0 amide bonds. The van der Waals surface area contributed by atoms with Crippen LogP contribution in [-0.4, -0.2) is 40.1 Å². The number of benzene rings is 3. The molecule has 0 bridgehead atoms. The highest BCUT2D eigenvalue weighted by Gasteiger charge is 2.17. The number of aryl methyl sites for hydroxylation is 2. The SMILES string of the molecule is CC#CC(CC(=O)OC)c1ccc(NCc2ccc3c(c2)-c2ccc(OCCCS(C)(=O)=O)cc2CCC3)cc1. The van der Waals surface area contributed by atoms with Gasteiger partial charge in [-0.3, -0.25) is 4.79 Å². The van der Waals surface area contributed by atoms with E-state index in [1.54, 1.807) is 6.92 Å². The molecule has 3 aromatic rings. The molecule has 1 atom stereocenters. The number of sulfone groups is 1. The molecule has 0 aliphatic heterocycles. The Balaban J connectivity index is 1.43. The summed E-state index contributed by atoms with van der Waals surface area (Å²) in [6, 6.07) is 21.0. The van der Waals surface area contributed by atoms with Crippen LogP contribution in [0.1, 0.15) is 54.4 Å². The summed E-state index contributed by atoms with van der Waals surface area (Å²) in [5.41, 5.74) is 8.28.